The van der Waals surface area contributed by atoms with Gasteiger partial charge < -0.3 is 10.6 Å². The molecule has 0 aromatic heterocycles. The third-order valence-electron chi connectivity index (χ3n) is 2.45. The Morgan fingerprint density at radius 1 is 0.875 bits per heavy atom. The molecule has 1 fully saturated rings. The lowest BCUT2D eigenvalue weighted by atomic mass is 10.3. The van der Waals surface area contributed by atoms with Crippen LogP contribution in [0.3, 0.4) is 0 Å². The van der Waals surface area contributed by atoms with Gasteiger partial charge in [0.05, 0.1) is 0 Å². The van der Waals surface area contributed by atoms with Crippen LogP contribution in [0.4, 0.5) is 0 Å². The van der Waals surface area contributed by atoms with E-state index in [2.05, 4.69) is 16.7 Å². The van der Waals surface area contributed by atoms with Gasteiger partial charge in [-0.15, -0.1) is 0 Å². The van der Waals surface area contributed by atoms with E-state index >= 15 is 0 Å². The second kappa shape index (κ2) is 14.9. The highest BCUT2D eigenvalue weighted by Crippen LogP contribution is 2.00. The van der Waals surface area contributed by atoms with Crippen LogP contribution in [0.5, 0.6) is 0 Å². The first kappa shape index (κ1) is 18.3. The van der Waals surface area contributed by atoms with E-state index in [1.165, 1.54) is 39.1 Å². The average molecular weight is 233 g/mol. The molecule has 1 aliphatic heterocycles. The van der Waals surface area contributed by atoms with Crippen LogP contribution < -0.4 is 5.73 Å². The maximum Gasteiger partial charge on any atom is 0.0110 e. The molecule has 102 valence electrons. The van der Waals surface area contributed by atoms with E-state index in [0.29, 0.717) is 0 Å². The lowest BCUT2D eigenvalue weighted by Crippen LogP contribution is -2.47. The molecule has 0 saturated carbocycles. The van der Waals surface area contributed by atoms with E-state index in [0.717, 1.165) is 13.1 Å². The van der Waals surface area contributed by atoms with Crippen molar-refractivity contribution in [1.29, 1.82) is 0 Å². The van der Waals surface area contributed by atoms with Crippen LogP contribution in [0.15, 0.2) is 0 Å². The lowest BCUT2D eigenvalue weighted by molar-refractivity contribution is 0.135. The van der Waals surface area contributed by atoms with Crippen molar-refractivity contribution in [2.75, 3.05) is 45.8 Å². The summed E-state index contributed by atoms with van der Waals surface area (Å²) in [6.07, 6.45) is 1.27. The largest absolute Gasteiger partial charge is 0.329 e. The molecule has 0 spiro atoms. The van der Waals surface area contributed by atoms with Gasteiger partial charge in [-0.2, -0.15) is 0 Å². The van der Waals surface area contributed by atoms with Gasteiger partial charge in [-0.25, -0.2) is 0 Å². The summed E-state index contributed by atoms with van der Waals surface area (Å²) >= 11 is 0. The van der Waals surface area contributed by atoms with E-state index in [4.69, 9.17) is 5.73 Å². The molecule has 2 N–H and O–H groups in total. The fraction of sp³-hybridized carbons (Fsp3) is 1.00. The summed E-state index contributed by atoms with van der Waals surface area (Å²) in [5, 5.41) is 0. The van der Waals surface area contributed by atoms with Gasteiger partial charge in [-0.1, -0.05) is 34.6 Å². The van der Waals surface area contributed by atoms with Crippen molar-refractivity contribution >= 4 is 0 Å². The Balaban J connectivity index is -0.000000355. The molecule has 0 aromatic rings. The molecule has 3 nitrogen and oxygen atoms in total. The van der Waals surface area contributed by atoms with E-state index in [1.54, 1.807) is 0 Å². The van der Waals surface area contributed by atoms with Gasteiger partial charge in [0.15, 0.2) is 0 Å². The fourth-order valence-electron chi connectivity index (χ4n) is 1.74. The molecule has 1 rings (SSSR count). The van der Waals surface area contributed by atoms with Crippen molar-refractivity contribution in [3.8, 4) is 0 Å². The molecule has 1 aliphatic rings. The highest BCUT2D eigenvalue weighted by atomic mass is 15.3. The van der Waals surface area contributed by atoms with Crippen LogP contribution in [0.1, 0.15) is 42.5 Å². The van der Waals surface area contributed by atoms with Gasteiger partial charge in [0, 0.05) is 40.7 Å². The highest BCUT2D eigenvalue weighted by molar-refractivity contribution is 4.71. The van der Waals surface area contributed by atoms with E-state index in [1.807, 2.05) is 27.7 Å². The molecule has 3 heteroatoms. The first-order valence-electron chi connectivity index (χ1n) is 7.01. The summed E-state index contributed by atoms with van der Waals surface area (Å²) in [4.78, 5) is 4.99. The van der Waals surface area contributed by atoms with Crippen molar-refractivity contribution in [2.24, 2.45) is 5.73 Å². The van der Waals surface area contributed by atoms with Crippen LogP contribution >= 0.6 is 0 Å². The number of nitrogens with zero attached hydrogens (tertiary/aromatic N) is 2. The van der Waals surface area contributed by atoms with Gasteiger partial charge >= 0.3 is 0 Å². The van der Waals surface area contributed by atoms with Gasteiger partial charge in [-0.3, -0.25) is 4.90 Å². The molecule has 0 radical (unpaired) electrons. The zero-order valence-electron chi connectivity index (χ0n) is 12.1. The monoisotopic (exact) mass is 233 g/mol. The van der Waals surface area contributed by atoms with Crippen LogP contribution in [0.2, 0.25) is 0 Å². The SMILES string of the molecule is CC.CC.CCCN1CCN(CCN)CC1.[HH]. The third kappa shape index (κ3) is 9.13. The molecule has 0 aliphatic carbocycles. The second-order valence-corrected chi connectivity index (χ2v) is 3.47. The summed E-state index contributed by atoms with van der Waals surface area (Å²) in [7, 11) is 0. The summed E-state index contributed by atoms with van der Waals surface area (Å²) in [6.45, 7) is 18.2. The molecular formula is C13H35N3. The third-order valence-corrected chi connectivity index (χ3v) is 2.45. The van der Waals surface area contributed by atoms with Crippen LogP contribution in [0.25, 0.3) is 0 Å². The highest BCUT2D eigenvalue weighted by Gasteiger charge is 2.14. The summed E-state index contributed by atoms with van der Waals surface area (Å²) < 4.78 is 0. The number of rotatable bonds is 4. The zero-order chi connectivity index (χ0) is 12.8. The summed E-state index contributed by atoms with van der Waals surface area (Å²) in [5.74, 6) is 0. The van der Waals surface area contributed by atoms with Crippen LogP contribution in [0, 0.1) is 0 Å². The first-order valence-corrected chi connectivity index (χ1v) is 7.01. The van der Waals surface area contributed by atoms with E-state index < -0.39 is 0 Å². The second-order valence-electron chi connectivity index (χ2n) is 3.47. The van der Waals surface area contributed by atoms with Gasteiger partial charge in [-0.05, 0) is 13.0 Å². The minimum atomic E-state index is 0. The number of piperazine rings is 1. The molecule has 16 heavy (non-hydrogen) atoms. The van der Waals surface area contributed by atoms with Crippen molar-refractivity contribution in [3.05, 3.63) is 0 Å². The van der Waals surface area contributed by atoms with E-state index in [9.17, 15) is 0 Å². The fourth-order valence-corrected chi connectivity index (χ4v) is 1.74. The van der Waals surface area contributed by atoms with Crippen molar-refractivity contribution in [2.45, 2.75) is 41.0 Å². The molecule has 0 aromatic carbocycles. The van der Waals surface area contributed by atoms with Crippen molar-refractivity contribution in [1.82, 2.24) is 9.80 Å². The Kier molecular flexibility index (Phi) is 17.0. The standard InChI is InChI=1S/C9H21N3.2C2H6.H2/c1-2-4-11-6-8-12(5-3-10)9-7-11;2*1-2;/h2-10H2,1H3;2*1-2H3;1H. The average Bonchev–Trinajstić information content (AvgIpc) is 2.37. The van der Waals surface area contributed by atoms with Gasteiger partial charge in [0.2, 0.25) is 0 Å². The Bertz CT molecular complexity index is 101. The van der Waals surface area contributed by atoms with Gasteiger partial charge in [0.1, 0.15) is 0 Å². The summed E-state index contributed by atoms with van der Waals surface area (Å²) in [5.41, 5.74) is 5.50. The smallest absolute Gasteiger partial charge is 0.0110 e. The van der Waals surface area contributed by atoms with Gasteiger partial charge in [0.25, 0.3) is 0 Å². The number of hydrogen-bond donors (Lipinski definition) is 1. The lowest BCUT2D eigenvalue weighted by Gasteiger charge is -2.34. The minimum Gasteiger partial charge on any atom is -0.329 e. The predicted octanol–water partition coefficient (Wildman–Crippen LogP) is 2.27. The quantitative estimate of drug-likeness (QED) is 0.808. The number of hydrogen-bond acceptors (Lipinski definition) is 3. The Hall–Kier alpha value is -0.120. The maximum atomic E-state index is 5.50. The predicted molar refractivity (Wildman–Crippen MR) is 77.0 cm³/mol. The Labute approximate surface area is 104 Å². The number of nitrogens with two attached hydrogens (primary N) is 1. The molecule has 0 bridgehead atoms. The molecular weight excluding hydrogens is 198 g/mol. The molecule has 1 saturated heterocycles. The maximum absolute atomic E-state index is 5.50. The minimum absolute atomic E-state index is 0. The zero-order valence-corrected chi connectivity index (χ0v) is 12.1. The Morgan fingerprint density at radius 3 is 1.56 bits per heavy atom. The van der Waals surface area contributed by atoms with Crippen LogP contribution in [-0.4, -0.2) is 55.6 Å². The summed E-state index contributed by atoms with van der Waals surface area (Å²) in [6, 6.07) is 0. The normalized spacial score (nSPS) is 16.9. The van der Waals surface area contributed by atoms with Crippen LogP contribution in [-0.2, 0) is 0 Å². The topological polar surface area (TPSA) is 32.5 Å². The first-order chi connectivity index (χ1) is 7.86. The van der Waals surface area contributed by atoms with Crippen molar-refractivity contribution in [3.63, 3.8) is 0 Å². The molecule has 1 heterocycles. The van der Waals surface area contributed by atoms with E-state index in [-0.39, 0.29) is 1.43 Å². The van der Waals surface area contributed by atoms with Crippen molar-refractivity contribution < 1.29 is 1.43 Å². The Morgan fingerprint density at radius 2 is 1.25 bits per heavy atom. The molecule has 0 unspecified atom stereocenters. The molecule has 0 amide bonds. The molecule has 0 atom stereocenters.